The molecule has 0 aromatic heterocycles. The average Bonchev–Trinajstić information content (AvgIpc) is 2.71. The van der Waals surface area contributed by atoms with E-state index < -0.39 is 0 Å². The molecular formula is C13H16N2O2. The second-order valence-electron chi connectivity index (χ2n) is 4.39. The number of nitrogens with zero attached hydrogens (tertiary/aromatic N) is 2. The van der Waals surface area contributed by atoms with Gasteiger partial charge in [0.15, 0.2) is 0 Å². The van der Waals surface area contributed by atoms with Crippen LogP contribution in [0.5, 0.6) is 0 Å². The van der Waals surface area contributed by atoms with Crippen molar-refractivity contribution in [1.29, 1.82) is 0 Å². The summed E-state index contributed by atoms with van der Waals surface area (Å²) in [6.07, 6.45) is 1.05. The summed E-state index contributed by atoms with van der Waals surface area (Å²) in [5.74, 6) is 0.0103. The van der Waals surface area contributed by atoms with Crippen LogP contribution in [0.25, 0.3) is 0 Å². The molecule has 0 N–H and O–H groups in total. The SMILES string of the molecule is CN(C)C(=O)[C@@H]1CCC(=O)N1c1ccccc1. The number of carbonyl (C=O) groups excluding carboxylic acids is 2. The number of rotatable bonds is 2. The minimum absolute atomic E-state index is 0.0142. The van der Waals surface area contributed by atoms with E-state index in [1.54, 1.807) is 23.9 Å². The number of anilines is 1. The van der Waals surface area contributed by atoms with Gasteiger partial charge in [-0.25, -0.2) is 0 Å². The molecule has 90 valence electrons. The fourth-order valence-corrected chi connectivity index (χ4v) is 2.13. The minimum atomic E-state index is -0.347. The first-order chi connectivity index (χ1) is 8.11. The highest BCUT2D eigenvalue weighted by Crippen LogP contribution is 2.27. The summed E-state index contributed by atoms with van der Waals surface area (Å²) in [7, 11) is 3.43. The van der Waals surface area contributed by atoms with E-state index in [0.717, 1.165) is 5.69 Å². The monoisotopic (exact) mass is 232 g/mol. The Labute approximate surface area is 101 Å². The van der Waals surface area contributed by atoms with Gasteiger partial charge in [-0.15, -0.1) is 0 Å². The molecule has 1 aromatic carbocycles. The zero-order chi connectivity index (χ0) is 12.4. The molecule has 1 fully saturated rings. The molecule has 0 saturated carbocycles. The third-order valence-electron chi connectivity index (χ3n) is 2.97. The topological polar surface area (TPSA) is 40.6 Å². The van der Waals surface area contributed by atoms with E-state index in [9.17, 15) is 9.59 Å². The van der Waals surface area contributed by atoms with Gasteiger partial charge >= 0.3 is 0 Å². The van der Waals surface area contributed by atoms with Crippen molar-refractivity contribution in [3.8, 4) is 0 Å². The Morgan fingerprint density at radius 1 is 1.29 bits per heavy atom. The third-order valence-corrected chi connectivity index (χ3v) is 2.97. The molecule has 0 spiro atoms. The van der Waals surface area contributed by atoms with Crippen LogP contribution in [-0.2, 0) is 9.59 Å². The highest BCUT2D eigenvalue weighted by Gasteiger charge is 2.37. The number of amides is 2. The van der Waals surface area contributed by atoms with Crippen LogP contribution in [-0.4, -0.2) is 36.9 Å². The molecule has 1 aliphatic rings. The molecule has 17 heavy (non-hydrogen) atoms. The number of hydrogen-bond acceptors (Lipinski definition) is 2. The van der Waals surface area contributed by atoms with Gasteiger partial charge in [0.2, 0.25) is 11.8 Å². The summed E-state index contributed by atoms with van der Waals surface area (Å²) in [5.41, 5.74) is 0.801. The van der Waals surface area contributed by atoms with Gasteiger partial charge in [0, 0.05) is 26.2 Å². The standard InChI is InChI=1S/C13H16N2O2/c1-14(2)13(17)11-8-9-12(16)15(11)10-6-4-3-5-7-10/h3-7,11H,8-9H2,1-2H3/t11-/m0/s1. The Hall–Kier alpha value is -1.84. The van der Waals surface area contributed by atoms with Crippen LogP contribution in [0.4, 0.5) is 5.69 Å². The van der Waals surface area contributed by atoms with Crippen molar-refractivity contribution in [3.63, 3.8) is 0 Å². The zero-order valence-electron chi connectivity index (χ0n) is 10.1. The average molecular weight is 232 g/mol. The zero-order valence-corrected chi connectivity index (χ0v) is 10.1. The maximum Gasteiger partial charge on any atom is 0.245 e. The van der Waals surface area contributed by atoms with E-state index >= 15 is 0 Å². The molecule has 0 bridgehead atoms. The van der Waals surface area contributed by atoms with Crippen molar-refractivity contribution in [2.45, 2.75) is 18.9 Å². The molecule has 1 aliphatic heterocycles. The quantitative estimate of drug-likeness (QED) is 0.770. The van der Waals surface area contributed by atoms with E-state index in [-0.39, 0.29) is 17.9 Å². The fraction of sp³-hybridized carbons (Fsp3) is 0.385. The van der Waals surface area contributed by atoms with Gasteiger partial charge in [-0.3, -0.25) is 14.5 Å². The summed E-state index contributed by atoms with van der Waals surface area (Å²) in [4.78, 5) is 27.0. The van der Waals surface area contributed by atoms with E-state index in [2.05, 4.69) is 0 Å². The predicted molar refractivity (Wildman–Crippen MR) is 65.6 cm³/mol. The Balaban J connectivity index is 2.30. The molecular weight excluding hydrogens is 216 g/mol. The molecule has 4 nitrogen and oxygen atoms in total. The Morgan fingerprint density at radius 2 is 1.94 bits per heavy atom. The van der Waals surface area contributed by atoms with Crippen molar-refractivity contribution in [1.82, 2.24) is 4.90 Å². The molecule has 4 heteroatoms. The van der Waals surface area contributed by atoms with Crippen molar-refractivity contribution in [3.05, 3.63) is 30.3 Å². The smallest absolute Gasteiger partial charge is 0.245 e. The van der Waals surface area contributed by atoms with Crippen LogP contribution in [0.1, 0.15) is 12.8 Å². The van der Waals surface area contributed by atoms with Crippen molar-refractivity contribution in [2.24, 2.45) is 0 Å². The molecule has 1 aromatic rings. The Morgan fingerprint density at radius 3 is 2.53 bits per heavy atom. The predicted octanol–water partition coefficient (Wildman–Crippen LogP) is 1.27. The van der Waals surface area contributed by atoms with Gasteiger partial charge in [0.1, 0.15) is 6.04 Å². The second-order valence-corrected chi connectivity index (χ2v) is 4.39. The maximum atomic E-state index is 12.0. The first-order valence-corrected chi connectivity index (χ1v) is 5.69. The normalized spacial score (nSPS) is 19.5. The van der Waals surface area contributed by atoms with Crippen LogP contribution in [0.3, 0.4) is 0 Å². The molecule has 2 rings (SSSR count). The van der Waals surface area contributed by atoms with E-state index in [0.29, 0.717) is 12.8 Å². The molecule has 0 radical (unpaired) electrons. The van der Waals surface area contributed by atoms with Gasteiger partial charge in [0.05, 0.1) is 0 Å². The number of hydrogen-bond donors (Lipinski definition) is 0. The second kappa shape index (κ2) is 4.57. The van der Waals surface area contributed by atoms with Crippen LogP contribution < -0.4 is 4.90 Å². The summed E-state index contributed by atoms with van der Waals surface area (Å²) < 4.78 is 0. The number of para-hydroxylation sites is 1. The van der Waals surface area contributed by atoms with Gasteiger partial charge in [-0.2, -0.15) is 0 Å². The van der Waals surface area contributed by atoms with Crippen LogP contribution in [0.15, 0.2) is 30.3 Å². The lowest BCUT2D eigenvalue weighted by Gasteiger charge is -2.26. The van der Waals surface area contributed by atoms with Crippen LogP contribution in [0.2, 0.25) is 0 Å². The van der Waals surface area contributed by atoms with Gasteiger partial charge in [-0.05, 0) is 18.6 Å². The molecule has 0 aliphatic carbocycles. The van der Waals surface area contributed by atoms with Crippen molar-refractivity contribution in [2.75, 3.05) is 19.0 Å². The van der Waals surface area contributed by atoms with Crippen LogP contribution >= 0.6 is 0 Å². The van der Waals surface area contributed by atoms with Crippen LogP contribution in [0, 0.1) is 0 Å². The van der Waals surface area contributed by atoms with Gasteiger partial charge in [-0.1, -0.05) is 18.2 Å². The largest absolute Gasteiger partial charge is 0.347 e. The molecule has 1 saturated heterocycles. The fourth-order valence-electron chi connectivity index (χ4n) is 2.13. The Bertz CT molecular complexity index is 428. The Kier molecular flexibility index (Phi) is 3.13. The number of carbonyl (C=O) groups is 2. The third kappa shape index (κ3) is 2.16. The lowest BCUT2D eigenvalue weighted by Crippen LogP contribution is -2.44. The summed E-state index contributed by atoms with van der Waals surface area (Å²) in [6.45, 7) is 0. The molecule has 1 heterocycles. The number of benzene rings is 1. The lowest BCUT2D eigenvalue weighted by molar-refractivity contribution is -0.130. The summed E-state index contributed by atoms with van der Waals surface area (Å²) >= 11 is 0. The van der Waals surface area contributed by atoms with Gasteiger partial charge in [0.25, 0.3) is 0 Å². The summed E-state index contributed by atoms with van der Waals surface area (Å²) in [5, 5.41) is 0. The van der Waals surface area contributed by atoms with Crippen molar-refractivity contribution >= 4 is 17.5 Å². The van der Waals surface area contributed by atoms with E-state index in [4.69, 9.17) is 0 Å². The lowest BCUT2D eigenvalue weighted by atomic mass is 10.2. The first-order valence-electron chi connectivity index (χ1n) is 5.69. The van der Waals surface area contributed by atoms with Crippen molar-refractivity contribution < 1.29 is 9.59 Å². The number of likely N-dealkylation sites (N-methyl/N-ethyl adjacent to an activating group) is 1. The highest BCUT2D eigenvalue weighted by molar-refractivity contribution is 6.03. The molecule has 1 atom stereocenters. The van der Waals surface area contributed by atoms with E-state index in [1.165, 1.54) is 0 Å². The molecule has 0 unspecified atom stereocenters. The van der Waals surface area contributed by atoms with Gasteiger partial charge < -0.3 is 4.90 Å². The molecule has 2 amide bonds. The first kappa shape index (κ1) is 11.6. The summed E-state index contributed by atoms with van der Waals surface area (Å²) in [6, 6.07) is 9.02. The van der Waals surface area contributed by atoms with E-state index in [1.807, 2.05) is 30.3 Å². The highest BCUT2D eigenvalue weighted by atomic mass is 16.2. The maximum absolute atomic E-state index is 12.0. The minimum Gasteiger partial charge on any atom is -0.347 e.